The number of hydrogen-bond donors (Lipinski definition) is 0. The van der Waals surface area contributed by atoms with Crippen LogP contribution in [0.25, 0.3) is 5.57 Å². The number of carbonyl (C=O) groups excluding carboxylic acids is 1. The van der Waals surface area contributed by atoms with Crippen LogP contribution in [-0.4, -0.2) is 12.6 Å². The molecular weight excluding hydrogens is 212 g/mol. The first-order valence-electron chi connectivity index (χ1n) is 6.25. The summed E-state index contributed by atoms with van der Waals surface area (Å²) in [5, 5.41) is 0. The van der Waals surface area contributed by atoms with Crippen molar-refractivity contribution < 1.29 is 9.53 Å². The van der Waals surface area contributed by atoms with Gasteiger partial charge in [-0.1, -0.05) is 36.4 Å². The lowest BCUT2D eigenvalue weighted by molar-refractivity contribution is -0.146. The third-order valence-corrected chi connectivity index (χ3v) is 3.11. The van der Waals surface area contributed by atoms with Crippen LogP contribution in [0.3, 0.4) is 0 Å². The fourth-order valence-corrected chi connectivity index (χ4v) is 2.31. The minimum Gasteiger partial charge on any atom is -0.466 e. The third kappa shape index (κ3) is 2.76. The first-order chi connectivity index (χ1) is 8.33. The lowest BCUT2D eigenvalue weighted by Crippen LogP contribution is -2.21. The van der Waals surface area contributed by atoms with E-state index in [4.69, 9.17) is 4.74 Å². The Morgan fingerprint density at radius 2 is 2.12 bits per heavy atom. The Balaban J connectivity index is 2.24. The van der Waals surface area contributed by atoms with E-state index in [0.717, 1.165) is 30.4 Å². The summed E-state index contributed by atoms with van der Waals surface area (Å²) in [6.07, 6.45) is 5.21. The number of carbonyl (C=O) groups is 1. The van der Waals surface area contributed by atoms with Gasteiger partial charge < -0.3 is 4.74 Å². The van der Waals surface area contributed by atoms with Gasteiger partial charge in [-0.2, -0.15) is 0 Å². The van der Waals surface area contributed by atoms with E-state index >= 15 is 0 Å². The third-order valence-electron chi connectivity index (χ3n) is 3.11. The van der Waals surface area contributed by atoms with E-state index in [1.54, 1.807) is 0 Å². The smallest absolute Gasteiger partial charge is 0.313 e. The zero-order valence-electron chi connectivity index (χ0n) is 10.2. The molecule has 17 heavy (non-hydrogen) atoms. The minimum atomic E-state index is -0.0812. The summed E-state index contributed by atoms with van der Waals surface area (Å²) >= 11 is 0. The van der Waals surface area contributed by atoms with E-state index in [1.165, 1.54) is 0 Å². The van der Waals surface area contributed by atoms with Crippen molar-refractivity contribution in [2.45, 2.75) is 26.2 Å². The lowest BCUT2D eigenvalue weighted by atomic mass is 9.84. The van der Waals surface area contributed by atoms with Crippen molar-refractivity contribution in [3.05, 3.63) is 42.0 Å². The maximum atomic E-state index is 11.9. The van der Waals surface area contributed by atoms with Crippen molar-refractivity contribution in [1.82, 2.24) is 0 Å². The highest BCUT2D eigenvalue weighted by atomic mass is 16.5. The van der Waals surface area contributed by atoms with Gasteiger partial charge in [0.05, 0.1) is 12.5 Å². The van der Waals surface area contributed by atoms with Crippen LogP contribution in [0.4, 0.5) is 0 Å². The topological polar surface area (TPSA) is 26.3 Å². The van der Waals surface area contributed by atoms with E-state index in [1.807, 2.05) is 25.1 Å². The van der Waals surface area contributed by atoms with E-state index in [-0.39, 0.29) is 11.9 Å². The fourth-order valence-electron chi connectivity index (χ4n) is 2.31. The zero-order chi connectivity index (χ0) is 12.1. The van der Waals surface area contributed by atoms with Gasteiger partial charge in [0.15, 0.2) is 0 Å². The zero-order valence-corrected chi connectivity index (χ0v) is 10.2. The monoisotopic (exact) mass is 230 g/mol. The molecule has 0 aromatic heterocycles. The van der Waals surface area contributed by atoms with Crippen molar-refractivity contribution >= 4 is 11.5 Å². The number of rotatable bonds is 3. The van der Waals surface area contributed by atoms with Gasteiger partial charge in [0, 0.05) is 0 Å². The lowest BCUT2D eigenvalue weighted by Gasteiger charge is -2.22. The van der Waals surface area contributed by atoms with E-state index in [9.17, 15) is 4.79 Å². The highest BCUT2D eigenvalue weighted by molar-refractivity contribution is 5.88. The van der Waals surface area contributed by atoms with Crippen LogP contribution in [0.5, 0.6) is 0 Å². The molecule has 0 spiro atoms. The SMILES string of the molecule is CCOC(=O)C1CCCC=C1c1ccccc1. The van der Waals surface area contributed by atoms with Crippen molar-refractivity contribution in [3.63, 3.8) is 0 Å². The predicted octanol–water partition coefficient (Wildman–Crippen LogP) is 3.43. The van der Waals surface area contributed by atoms with Crippen LogP contribution < -0.4 is 0 Å². The molecule has 0 saturated carbocycles. The molecule has 1 aliphatic rings. The van der Waals surface area contributed by atoms with Crippen LogP contribution in [0.1, 0.15) is 31.7 Å². The van der Waals surface area contributed by atoms with Gasteiger partial charge in [0.1, 0.15) is 0 Å². The van der Waals surface area contributed by atoms with Gasteiger partial charge >= 0.3 is 5.97 Å². The second-order valence-corrected chi connectivity index (χ2v) is 4.26. The molecule has 0 N–H and O–H groups in total. The molecule has 0 bridgehead atoms. The maximum Gasteiger partial charge on any atom is 0.313 e. The summed E-state index contributed by atoms with van der Waals surface area (Å²) in [5.41, 5.74) is 2.28. The van der Waals surface area contributed by atoms with E-state index in [0.29, 0.717) is 6.61 Å². The Hall–Kier alpha value is -1.57. The first kappa shape index (κ1) is 11.9. The van der Waals surface area contributed by atoms with Crippen molar-refractivity contribution in [1.29, 1.82) is 0 Å². The number of ether oxygens (including phenoxy) is 1. The summed E-state index contributed by atoms with van der Waals surface area (Å²) in [5.74, 6) is -0.159. The number of hydrogen-bond acceptors (Lipinski definition) is 2. The predicted molar refractivity (Wildman–Crippen MR) is 68.4 cm³/mol. The van der Waals surface area contributed by atoms with Gasteiger partial charge in [0.2, 0.25) is 0 Å². The quantitative estimate of drug-likeness (QED) is 0.743. The average Bonchev–Trinajstić information content (AvgIpc) is 2.40. The normalized spacial score (nSPS) is 19.6. The van der Waals surface area contributed by atoms with Crippen LogP contribution in [0.2, 0.25) is 0 Å². The molecule has 0 fully saturated rings. The minimum absolute atomic E-state index is 0.0777. The van der Waals surface area contributed by atoms with Crippen molar-refractivity contribution in [2.75, 3.05) is 6.61 Å². The fraction of sp³-hybridized carbons (Fsp3) is 0.400. The van der Waals surface area contributed by atoms with Crippen LogP contribution in [-0.2, 0) is 9.53 Å². The molecule has 1 aromatic rings. The van der Waals surface area contributed by atoms with Gasteiger partial charge in [-0.25, -0.2) is 0 Å². The average molecular weight is 230 g/mol. The van der Waals surface area contributed by atoms with Gasteiger partial charge in [-0.05, 0) is 37.3 Å². The molecule has 0 saturated heterocycles. The summed E-state index contributed by atoms with van der Waals surface area (Å²) in [4.78, 5) is 11.9. The largest absolute Gasteiger partial charge is 0.466 e. The Kier molecular flexibility index (Phi) is 3.97. The highest BCUT2D eigenvalue weighted by Gasteiger charge is 2.26. The Bertz CT molecular complexity index is 406. The highest BCUT2D eigenvalue weighted by Crippen LogP contribution is 2.33. The summed E-state index contributed by atoms with van der Waals surface area (Å²) in [7, 11) is 0. The van der Waals surface area contributed by atoms with E-state index < -0.39 is 0 Å². The number of esters is 1. The number of allylic oxidation sites excluding steroid dienone is 1. The van der Waals surface area contributed by atoms with Gasteiger partial charge in [-0.3, -0.25) is 4.79 Å². The standard InChI is InChI=1S/C15H18O2/c1-2-17-15(16)14-11-7-6-10-13(14)12-8-4-3-5-9-12/h3-5,8-10,14H,2,6-7,11H2,1H3. The molecule has 2 rings (SSSR count). The van der Waals surface area contributed by atoms with Crippen molar-refractivity contribution in [3.8, 4) is 0 Å². The number of benzene rings is 1. The summed E-state index contributed by atoms with van der Waals surface area (Å²) < 4.78 is 5.15. The van der Waals surface area contributed by atoms with Crippen LogP contribution in [0.15, 0.2) is 36.4 Å². The summed E-state index contributed by atoms with van der Waals surface area (Å²) in [6, 6.07) is 10.1. The van der Waals surface area contributed by atoms with Gasteiger partial charge in [0.25, 0.3) is 0 Å². The Labute approximate surface area is 102 Å². The van der Waals surface area contributed by atoms with Crippen molar-refractivity contribution in [2.24, 2.45) is 5.92 Å². The molecule has 1 unspecified atom stereocenters. The summed E-state index contributed by atoms with van der Waals surface area (Å²) in [6.45, 7) is 2.31. The molecule has 1 aromatic carbocycles. The molecule has 1 atom stereocenters. The second-order valence-electron chi connectivity index (χ2n) is 4.26. The molecule has 90 valence electrons. The maximum absolute atomic E-state index is 11.9. The first-order valence-corrected chi connectivity index (χ1v) is 6.25. The molecule has 0 aliphatic heterocycles. The Morgan fingerprint density at radius 3 is 2.82 bits per heavy atom. The van der Waals surface area contributed by atoms with Crippen LogP contribution in [0, 0.1) is 5.92 Å². The van der Waals surface area contributed by atoms with Crippen LogP contribution >= 0.6 is 0 Å². The molecule has 0 radical (unpaired) electrons. The molecule has 2 heteroatoms. The molecule has 0 amide bonds. The molecular formula is C15H18O2. The van der Waals surface area contributed by atoms with E-state index in [2.05, 4.69) is 18.2 Å². The molecule has 0 heterocycles. The second kappa shape index (κ2) is 5.67. The molecule has 1 aliphatic carbocycles. The van der Waals surface area contributed by atoms with Gasteiger partial charge in [-0.15, -0.1) is 0 Å². The molecule has 2 nitrogen and oxygen atoms in total. The Morgan fingerprint density at radius 1 is 1.35 bits per heavy atom.